The number of nitrogens with one attached hydrogen (secondary N) is 1. The Kier molecular flexibility index (Phi) is 4.34. The van der Waals surface area contributed by atoms with Crippen molar-refractivity contribution in [2.75, 3.05) is 38.2 Å². The molecule has 0 saturated carbocycles. The van der Waals surface area contributed by atoms with Crippen LogP contribution in [0.25, 0.3) is 0 Å². The van der Waals surface area contributed by atoms with E-state index in [9.17, 15) is 10.1 Å². The summed E-state index contributed by atoms with van der Waals surface area (Å²) in [6, 6.07) is 5.22. The van der Waals surface area contributed by atoms with Crippen molar-refractivity contribution in [2.24, 2.45) is 0 Å². The fourth-order valence-electron chi connectivity index (χ4n) is 2.44. The maximum atomic E-state index is 11.0. The van der Waals surface area contributed by atoms with Crippen molar-refractivity contribution in [1.82, 2.24) is 5.32 Å². The van der Waals surface area contributed by atoms with Crippen molar-refractivity contribution in [2.45, 2.75) is 13.0 Å². The molecule has 1 aliphatic heterocycles. The van der Waals surface area contributed by atoms with Crippen molar-refractivity contribution in [3.63, 3.8) is 0 Å². The van der Waals surface area contributed by atoms with Crippen molar-refractivity contribution < 1.29 is 9.66 Å². The van der Waals surface area contributed by atoms with Gasteiger partial charge in [0.2, 0.25) is 0 Å². The average molecular weight is 265 g/mol. The lowest BCUT2D eigenvalue weighted by Gasteiger charge is -2.35. The van der Waals surface area contributed by atoms with Gasteiger partial charge < -0.3 is 15.0 Å². The fourth-order valence-corrected chi connectivity index (χ4v) is 2.44. The van der Waals surface area contributed by atoms with E-state index in [0.717, 1.165) is 30.9 Å². The van der Waals surface area contributed by atoms with E-state index in [1.807, 2.05) is 13.1 Å². The monoisotopic (exact) mass is 265 g/mol. The number of anilines is 1. The van der Waals surface area contributed by atoms with Crippen LogP contribution in [0.1, 0.15) is 5.56 Å². The van der Waals surface area contributed by atoms with Gasteiger partial charge in [0.05, 0.1) is 23.2 Å². The van der Waals surface area contributed by atoms with E-state index in [-0.39, 0.29) is 16.7 Å². The number of benzene rings is 1. The van der Waals surface area contributed by atoms with Gasteiger partial charge in [0.15, 0.2) is 0 Å². The number of rotatable bonds is 4. The van der Waals surface area contributed by atoms with Gasteiger partial charge in [-0.1, -0.05) is 6.07 Å². The third-order valence-corrected chi connectivity index (χ3v) is 3.38. The molecular formula is C13H19N3O3. The smallest absolute Gasteiger partial charge is 0.274 e. The Hall–Kier alpha value is -1.66. The van der Waals surface area contributed by atoms with Crippen LogP contribution >= 0.6 is 0 Å². The van der Waals surface area contributed by atoms with Crippen LogP contribution in [0, 0.1) is 17.0 Å². The number of hydrogen-bond donors (Lipinski definition) is 1. The van der Waals surface area contributed by atoms with Crippen LogP contribution in [0.15, 0.2) is 18.2 Å². The van der Waals surface area contributed by atoms with Gasteiger partial charge in [-0.05, 0) is 20.0 Å². The van der Waals surface area contributed by atoms with Crippen molar-refractivity contribution in [3.8, 4) is 0 Å². The van der Waals surface area contributed by atoms with Crippen LogP contribution in [0.2, 0.25) is 0 Å². The molecular weight excluding hydrogens is 246 g/mol. The maximum Gasteiger partial charge on any atom is 0.274 e. The molecule has 104 valence electrons. The summed E-state index contributed by atoms with van der Waals surface area (Å²) in [7, 11) is 1.89. The summed E-state index contributed by atoms with van der Waals surface area (Å²) in [6.45, 7) is 4.75. The largest absolute Gasteiger partial charge is 0.373 e. The Morgan fingerprint density at radius 1 is 1.58 bits per heavy atom. The molecule has 0 amide bonds. The Labute approximate surface area is 112 Å². The number of nitrogens with zero attached hydrogens (tertiary/aromatic N) is 2. The second kappa shape index (κ2) is 5.99. The Morgan fingerprint density at radius 2 is 2.37 bits per heavy atom. The van der Waals surface area contributed by atoms with E-state index in [2.05, 4.69) is 10.2 Å². The molecule has 0 radical (unpaired) electrons. The van der Waals surface area contributed by atoms with Gasteiger partial charge in [-0.15, -0.1) is 0 Å². The predicted octanol–water partition coefficient (Wildman–Crippen LogP) is 1.33. The summed E-state index contributed by atoms with van der Waals surface area (Å²) in [5.41, 5.74) is 1.82. The van der Waals surface area contributed by atoms with Gasteiger partial charge in [-0.3, -0.25) is 10.1 Å². The summed E-state index contributed by atoms with van der Waals surface area (Å²) in [5, 5.41) is 14.1. The van der Waals surface area contributed by atoms with Crippen LogP contribution in [-0.2, 0) is 4.74 Å². The zero-order valence-corrected chi connectivity index (χ0v) is 11.3. The number of ether oxygens (including phenoxy) is 1. The molecule has 19 heavy (non-hydrogen) atoms. The molecule has 1 heterocycles. The summed E-state index contributed by atoms with van der Waals surface area (Å²) in [4.78, 5) is 12.8. The Balaban J connectivity index is 2.21. The zero-order valence-electron chi connectivity index (χ0n) is 11.3. The number of morpholine rings is 1. The van der Waals surface area contributed by atoms with Gasteiger partial charge in [0.25, 0.3) is 5.69 Å². The number of nitro groups is 1. The molecule has 1 aromatic rings. The summed E-state index contributed by atoms with van der Waals surface area (Å²) >= 11 is 0. The molecule has 0 aromatic heterocycles. The lowest BCUT2D eigenvalue weighted by molar-refractivity contribution is -0.385. The highest BCUT2D eigenvalue weighted by Crippen LogP contribution is 2.29. The second-order valence-electron chi connectivity index (χ2n) is 4.67. The molecule has 1 fully saturated rings. The van der Waals surface area contributed by atoms with Gasteiger partial charge >= 0.3 is 0 Å². The molecule has 1 saturated heterocycles. The zero-order chi connectivity index (χ0) is 13.8. The summed E-state index contributed by atoms with van der Waals surface area (Å²) in [6.07, 6.45) is 0.123. The number of hydrogen-bond acceptors (Lipinski definition) is 5. The molecule has 1 atom stereocenters. The fraction of sp³-hybridized carbons (Fsp3) is 0.538. The third kappa shape index (κ3) is 3.02. The van der Waals surface area contributed by atoms with Crippen LogP contribution in [0.5, 0.6) is 0 Å². The molecule has 0 spiro atoms. The molecule has 0 bridgehead atoms. The Morgan fingerprint density at radius 3 is 3.05 bits per heavy atom. The highest BCUT2D eigenvalue weighted by molar-refractivity contribution is 5.61. The highest BCUT2D eigenvalue weighted by Gasteiger charge is 2.23. The van der Waals surface area contributed by atoms with E-state index in [1.165, 1.54) is 0 Å². The van der Waals surface area contributed by atoms with Crippen molar-refractivity contribution in [1.29, 1.82) is 0 Å². The minimum absolute atomic E-state index is 0.123. The maximum absolute atomic E-state index is 11.0. The van der Waals surface area contributed by atoms with Crippen molar-refractivity contribution >= 4 is 11.4 Å². The minimum atomic E-state index is -0.329. The van der Waals surface area contributed by atoms with Gasteiger partial charge in [-0.25, -0.2) is 0 Å². The van der Waals surface area contributed by atoms with Crippen LogP contribution in [-0.4, -0.2) is 44.3 Å². The van der Waals surface area contributed by atoms with Gasteiger partial charge in [-0.2, -0.15) is 0 Å². The summed E-state index contributed by atoms with van der Waals surface area (Å²) in [5.74, 6) is 0. The lowest BCUT2D eigenvalue weighted by Crippen LogP contribution is -2.46. The predicted molar refractivity (Wildman–Crippen MR) is 73.7 cm³/mol. The van der Waals surface area contributed by atoms with Crippen LogP contribution in [0.3, 0.4) is 0 Å². The van der Waals surface area contributed by atoms with Crippen molar-refractivity contribution in [3.05, 3.63) is 33.9 Å². The highest BCUT2D eigenvalue weighted by atomic mass is 16.6. The first-order chi connectivity index (χ1) is 9.13. The van der Waals surface area contributed by atoms with E-state index in [4.69, 9.17) is 4.74 Å². The molecule has 1 aromatic carbocycles. The average Bonchev–Trinajstić information content (AvgIpc) is 2.39. The van der Waals surface area contributed by atoms with E-state index >= 15 is 0 Å². The molecule has 2 rings (SSSR count). The molecule has 1 N–H and O–H groups in total. The van der Waals surface area contributed by atoms with Gasteiger partial charge in [0, 0.05) is 31.4 Å². The van der Waals surface area contributed by atoms with Crippen LogP contribution in [0.4, 0.5) is 11.4 Å². The summed E-state index contributed by atoms with van der Waals surface area (Å²) < 4.78 is 5.65. The third-order valence-electron chi connectivity index (χ3n) is 3.38. The second-order valence-corrected chi connectivity index (χ2v) is 4.67. The minimum Gasteiger partial charge on any atom is -0.373 e. The first-order valence-corrected chi connectivity index (χ1v) is 6.38. The molecule has 1 unspecified atom stereocenters. The van der Waals surface area contributed by atoms with E-state index < -0.39 is 0 Å². The standard InChI is InChI=1S/C13H19N3O3/c1-10-12(4-3-5-13(10)16(17)18)15-6-7-19-11(9-15)8-14-2/h3-5,11,14H,6-9H2,1-2H3. The molecule has 1 aliphatic rings. The quantitative estimate of drug-likeness (QED) is 0.657. The van der Waals surface area contributed by atoms with E-state index in [0.29, 0.717) is 6.61 Å². The van der Waals surface area contributed by atoms with E-state index in [1.54, 1.807) is 19.1 Å². The Bertz CT molecular complexity index is 462. The van der Waals surface area contributed by atoms with Crippen LogP contribution < -0.4 is 10.2 Å². The number of nitro benzene ring substituents is 1. The normalized spacial score (nSPS) is 19.5. The molecule has 0 aliphatic carbocycles. The molecule has 6 nitrogen and oxygen atoms in total. The first-order valence-electron chi connectivity index (χ1n) is 6.38. The number of likely N-dealkylation sites (N-methyl/N-ethyl adjacent to an activating group) is 1. The first kappa shape index (κ1) is 13.8. The molecule has 6 heteroatoms. The SMILES string of the molecule is CNCC1CN(c2cccc([N+](=O)[O-])c2C)CCO1. The lowest BCUT2D eigenvalue weighted by atomic mass is 10.1. The topological polar surface area (TPSA) is 67.6 Å². The van der Waals surface area contributed by atoms with Gasteiger partial charge in [0.1, 0.15) is 0 Å².